The number of halogens is 1. The topological polar surface area (TPSA) is 26.0 Å². The maximum Gasteiger partial charge on any atom is 0.0180 e. The van der Waals surface area contributed by atoms with Crippen LogP contribution in [0.25, 0.3) is 0 Å². The van der Waals surface area contributed by atoms with Crippen molar-refractivity contribution in [1.82, 2.24) is 0 Å². The standard InChI is InChI=1S/C11H15N.ClH/c1-8-2-3-10(7-12)11(6-8)9-4-5-9;/h2-3,6,9H,4-5,7,12H2,1H3;1H. The molecule has 0 atom stereocenters. The minimum Gasteiger partial charge on any atom is -0.326 e. The van der Waals surface area contributed by atoms with Crippen molar-refractivity contribution in [2.75, 3.05) is 0 Å². The van der Waals surface area contributed by atoms with Gasteiger partial charge in [0.1, 0.15) is 0 Å². The van der Waals surface area contributed by atoms with Crippen molar-refractivity contribution in [2.45, 2.75) is 32.2 Å². The van der Waals surface area contributed by atoms with Crippen LogP contribution in [0.5, 0.6) is 0 Å². The molecular formula is C11H16ClN. The quantitative estimate of drug-likeness (QED) is 0.776. The van der Waals surface area contributed by atoms with Gasteiger partial charge in [-0.15, -0.1) is 12.4 Å². The Morgan fingerprint density at radius 3 is 2.62 bits per heavy atom. The SMILES string of the molecule is Cc1ccc(CN)c(C2CC2)c1.Cl. The number of aryl methyl sites for hydroxylation is 1. The summed E-state index contributed by atoms with van der Waals surface area (Å²) in [5.74, 6) is 0.823. The molecule has 0 spiro atoms. The van der Waals surface area contributed by atoms with E-state index in [1.165, 1.54) is 29.5 Å². The molecule has 72 valence electrons. The second kappa shape index (κ2) is 4.12. The average molecular weight is 198 g/mol. The monoisotopic (exact) mass is 197 g/mol. The van der Waals surface area contributed by atoms with Crippen LogP contribution in [0.15, 0.2) is 18.2 Å². The van der Waals surface area contributed by atoms with Gasteiger partial charge in [-0.1, -0.05) is 23.8 Å². The Balaban J connectivity index is 0.000000845. The van der Waals surface area contributed by atoms with E-state index in [4.69, 9.17) is 5.73 Å². The van der Waals surface area contributed by atoms with Crippen LogP contribution in [0, 0.1) is 6.92 Å². The van der Waals surface area contributed by atoms with Gasteiger partial charge in [-0.25, -0.2) is 0 Å². The first kappa shape index (κ1) is 10.6. The van der Waals surface area contributed by atoms with Gasteiger partial charge < -0.3 is 5.73 Å². The van der Waals surface area contributed by atoms with Crippen molar-refractivity contribution < 1.29 is 0 Å². The Morgan fingerprint density at radius 1 is 1.38 bits per heavy atom. The third-order valence-electron chi connectivity index (χ3n) is 2.54. The summed E-state index contributed by atoms with van der Waals surface area (Å²) in [5, 5.41) is 0. The zero-order valence-electron chi connectivity index (χ0n) is 7.92. The maximum atomic E-state index is 5.67. The Labute approximate surface area is 85.7 Å². The molecule has 0 aliphatic heterocycles. The summed E-state index contributed by atoms with van der Waals surface area (Å²) in [7, 11) is 0. The van der Waals surface area contributed by atoms with E-state index in [2.05, 4.69) is 25.1 Å². The smallest absolute Gasteiger partial charge is 0.0180 e. The molecule has 0 heterocycles. The number of hydrogen-bond donors (Lipinski definition) is 1. The van der Waals surface area contributed by atoms with Crippen molar-refractivity contribution >= 4 is 12.4 Å². The highest BCUT2D eigenvalue weighted by atomic mass is 35.5. The zero-order valence-corrected chi connectivity index (χ0v) is 8.73. The zero-order chi connectivity index (χ0) is 8.55. The fourth-order valence-corrected chi connectivity index (χ4v) is 1.67. The first-order chi connectivity index (χ1) is 5.81. The molecular weight excluding hydrogens is 182 g/mol. The molecule has 1 aromatic rings. The van der Waals surface area contributed by atoms with Gasteiger partial charge in [-0.05, 0) is 36.8 Å². The van der Waals surface area contributed by atoms with Crippen molar-refractivity contribution in [3.63, 3.8) is 0 Å². The van der Waals surface area contributed by atoms with E-state index in [-0.39, 0.29) is 12.4 Å². The van der Waals surface area contributed by atoms with Gasteiger partial charge in [-0.2, -0.15) is 0 Å². The van der Waals surface area contributed by atoms with E-state index in [9.17, 15) is 0 Å². The van der Waals surface area contributed by atoms with E-state index in [0.29, 0.717) is 6.54 Å². The molecule has 2 heteroatoms. The summed E-state index contributed by atoms with van der Waals surface area (Å²) in [4.78, 5) is 0. The van der Waals surface area contributed by atoms with E-state index >= 15 is 0 Å². The van der Waals surface area contributed by atoms with Gasteiger partial charge in [0.2, 0.25) is 0 Å². The third-order valence-corrected chi connectivity index (χ3v) is 2.54. The average Bonchev–Trinajstić information content (AvgIpc) is 2.87. The minimum absolute atomic E-state index is 0. The van der Waals surface area contributed by atoms with E-state index in [0.717, 1.165) is 5.92 Å². The highest BCUT2D eigenvalue weighted by molar-refractivity contribution is 5.85. The molecule has 1 saturated carbocycles. The Hall–Kier alpha value is -0.530. The van der Waals surface area contributed by atoms with Crippen LogP contribution in [0.2, 0.25) is 0 Å². The number of nitrogens with two attached hydrogens (primary N) is 1. The summed E-state index contributed by atoms with van der Waals surface area (Å²) in [6.45, 7) is 2.83. The predicted octanol–water partition coefficient (Wildman–Crippen LogP) is 2.75. The summed E-state index contributed by atoms with van der Waals surface area (Å²) in [5.41, 5.74) is 9.86. The first-order valence-corrected chi connectivity index (χ1v) is 4.61. The Morgan fingerprint density at radius 2 is 2.08 bits per heavy atom. The van der Waals surface area contributed by atoms with Crippen LogP contribution in [-0.4, -0.2) is 0 Å². The molecule has 0 aromatic heterocycles. The van der Waals surface area contributed by atoms with E-state index < -0.39 is 0 Å². The Kier molecular flexibility index (Phi) is 3.34. The molecule has 0 radical (unpaired) electrons. The second-order valence-electron chi connectivity index (χ2n) is 3.68. The van der Waals surface area contributed by atoms with Crippen molar-refractivity contribution in [2.24, 2.45) is 5.73 Å². The predicted molar refractivity (Wildman–Crippen MR) is 58.3 cm³/mol. The van der Waals surface area contributed by atoms with Crippen LogP contribution in [-0.2, 0) is 6.54 Å². The lowest BCUT2D eigenvalue weighted by Crippen LogP contribution is -2.00. The van der Waals surface area contributed by atoms with Crippen LogP contribution in [0.3, 0.4) is 0 Å². The molecule has 2 N–H and O–H groups in total. The van der Waals surface area contributed by atoms with Gasteiger partial charge in [0.15, 0.2) is 0 Å². The van der Waals surface area contributed by atoms with E-state index in [1.807, 2.05) is 0 Å². The highest BCUT2D eigenvalue weighted by Crippen LogP contribution is 2.41. The van der Waals surface area contributed by atoms with E-state index in [1.54, 1.807) is 0 Å². The molecule has 2 rings (SSSR count). The van der Waals surface area contributed by atoms with Gasteiger partial charge in [0.05, 0.1) is 0 Å². The van der Waals surface area contributed by atoms with Gasteiger partial charge in [0.25, 0.3) is 0 Å². The Bertz CT molecular complexity index is 292. The van der Waals surface area contributed by atoms with Crippen LogP contribution < -0.4 is 5.73 Å². The lowest BCUT2D eigenvalue weighted by molar-refractivity contribution is 0.992. The second-order valence-corrected chi connectivity index (χ2v) is 3.68. The molecule has 1 nitrogen and oxygen atoms in total. The lowest BCUT2D eigenvalue weighted by Gasteiger charge is -2.06. The molecule has 0 bridgehead atoms. The van der Waals surface area contributed by atoms with Crippen LogP contribution in [0.1, 0.15) is 35.4 Å². The largest absolute Gasteiger partial charge is 0.326 e. The van der Waals surface area contributed by atoms with Gasteiger partial charge >= 0.3 is 0 Å². The molecule has 1 aromatic carbocycles. The number of rotatable bonds is 2. The normalized spacial score (nSPS) is 15.2. The molecule has 1 aliphatic rings. The van der Waals surface area contributed by atoms with Crippen LogP contribution >= 0.6 is 12.4 Å². The highest BCUT2D eigenvalue weighted by Gasteiger charge is 2.25. The molecule has 13 heavy (non-hydrogen) atoms. The summed E-state index contributed by atoms with van der Waals surface area (Å²) in [6, 6.07) is 6.61. The molecule has 0 saturated heterocycles. The fourth-order valence-electron chi connectivity index (χ4n) is 1.67. The minimum atomic E-state index is 0. The fraction of sp³-hybridized carbons (Fsp3) is 0.455. The molecule has 1 aliphatic carbocycles. The molecule has 0 unspecified atom stereocenters. The number of benzene rings is 1. The molecule has 1 fully saturated rings. The summed E-state index contributed by atoms with van der Waals surface area (Å²) in [6.07, 6.45) is 2.72. The summed E-state index contributed by atoms with van der Waals surface area (Å²) < 4.78 is 0. The van der Waals surface area contributed by atoms with Crippen molar-refractivity contribution in [3.8, 4) is 0 Å². The van der Waals surface area contributed by atoms with Gasteiger partial charge in [-0.3, -0.25) is 0 Å². The lowest BCUT2D eigenvalue weighted by atomic mass is 10.0. The summed E-state index contributed by atoms with van der Waals surface area (Å²) >= 11 is 0. The van der Waals surface area contributed by atoms with Crippen LogP contribution in [0.4, 0.5) is 0 Å². The number of hydrogen-bond acceptors (Lipinski definition) is 1. The van der Waals surface area contributed by atoms with Crippen molar-refractivity contribution in [3.05, 3.63) is 34.9 Å². The first-order valence-electron chi connectivity index (χ1n) is 4.61. The van der Waals surface area contributed by atoms with Gasteiger partial charge in [0, 0.05) is 6.54 Å². The maximum absolute atomic E-state index is 5.67. The molecule has 0 amide bonds. The third kappa shape index (κ3) is 2.23. The van der Waals surface area contributed by atoms with Crippen molar-refractivity contribution in [1.29, 1.82) is 0 Å².